The summed E-state index contributed by atoms with van der Waals surface area (Å²) in [6.45, 7) is -0.952. The van der Waals surface area contributed by atoms with Gasteiger partial charge in [-0.05, 0) is 46.3 Å². The first-order chi connectivity index (χ1) is 12.0. The van der Waals surface area contributed by atoms with Crippen LogP contribution < -0.4 is 4.74 Å². The number of esters is 1. The molecule has 0 spiro atoms. The molecular formula is C17H11BrFNO5. The second-order valence-corrected chi connectivity index (χ2v) is 5.95. The van der Waals surface area contributed by atoms with Crippen molar-refractivity contribution in [1.82, 2.24) is 4.90 Å². The Morgan fingerprint density at radius 1 is 1.08 bits per heavy atom. The summed E-state index contributed by atoms with van der Waals surface area (Å²) in [5.74, 6) is -1.99. The highest BCUT2D eigenvalue weighted by molar-refractivity contribution is 9.10. The molecule has 2 aromatic carbocycles. The van der Waals surface area contributed by atoms with Crippen LogP contribution in [0.5, 0.6) is 5.75 Å². The van der Waals surface area contributed by atoms with E-state index in [1.165, 1.54) is 30.3 Å². The summed E-state index contributed by atoms with van der Waals surface area (Å²) in [5, 5.41) is 0. The Bertz CT molecular complexity index is 835. The lowest BCUT2D eigenvalue weighted by Crippen LogP contribution is -2.34. The van der Waals surface area contributed by atoms with E-state index in [0.29, 0.717) is 4.47 Å². The third kappa shape index (κ3) is 3.53. The average molecular weight is 408 g/mol. The second-order valence-electron chi connectivity index (χ2n) is 5.09. The van der Waals surface area contributed by atoms with E-state index in [9.17, 15) is 18.8 Å². The molecule has 0 unspecified atom stereocenters. The lowest BCUT2D eigenvalue weighted by atomic mass is 10.1. The van der Waals surface area contributed by atoms with Crippen LogP contribution >= 0.6 is 15.9 Å². The number of fused-ring (bicyclic) bond motifs is 1. The van der Waals surface area contributed by atoms with Crippen LogP contribution in [0.25, 0.3) is 0 Å². The molecule has 25 heavy (non-hydrogen) atoms. The largest absolute Gasteiger partial charge is 0.481 e. The minimum atomic E-state index is -0.771. The fourth-order valence-electron chi connectivity index (χ4n) is 2.26. The Labute approximate surface area is 150 Å². The Hall–Kier alpha value is -2.74. The molecule has 0 saturated heterocycles. The van der Waals surface area contributed by atoms with Crippen molar-refractivity contribution in [3.8, 4) is 5.75 Å². The predicted octanol–water partition coefficient (Wildman–Crippen LogP) is 2.76. The van der Waals surface area contributed by atoms with Gasteiger partial charge in [0.05, 0.1) is 15.6 Å². The molecule has 0 fully saturated rings. The van der Waals surface area contributed by atoms with Crippen LogP contribution in [-0.2, 0) is 9.53 Å². The topological polar surface area (TPSA) is 72.9 Å². The van der Waals surface area contributed by atoms with Gasteiger partial charge < -0.3 is 9.47 Å². The molecule has 0 radical (unpaired) electrons. The SMILES string of the molecule is O=C(COc1ccc(F)cc1Br)OCN1C(=O)c2ccccc2C1=O. The van der Waals surface area contributed by atoms with Gasteiger partial charge in [0.2, 0.25) is 0 Å². The van der Waals surface area contributed by atoms with Gasteiger partial charge in [0, 0.05) is 0 Å². The zero-order valence-electron chi connectivity index (χ0n) is 12.7. The van der Waals surface area contributed by atoms with E-state index in [4.69, 9.17) is 9.47 Å². The summed E-state index contributed by atoms with van der Waals surface area (Å²) in [5.41, 5.74) is 0.546. The third-order valence-electron chi connectivity index (χ3n) is 3.47. The summed E-state index contributed by atoms with van der Waals surface area (Å²) in [4.78, 5) is 36.8. The van der Waals surface area contributed by atoms with Crippen molar-refractivity contribution in [3.05, 3.63) is 63.9 Å². The summed E-state index contributed by atoms with van der Waals surface area (Å²) in [6.07, 6.45) is 0. The van der Waals surface area contributed by atoms with Gasteiger partial charge in [-0.25, -0.2) is 14.1 Å². The minimum absolute atomic E-state index is 0.263. The second kappa shape index (κ2) is 7.02. The highest BCUT2D eigenvalue weighted by Gasteiger charge is 2.35. The highest BCUT2D eigenvalue weighted by Crippen LogP contribution is 2.25. The van der Waals surface area contributed by atoms with E-state index in [1.807, 2.05) is 0 Å². The number of hydrogen-bond donors (Lipinski definition) is 0. The molecule has 0 N–H and O–H groups in total. The average Bonchev–Trinajstić information content (AvgIpc) is 2.84. The van der Waals surface area contributed by atoms with Gasteiger partial charge >= 0.3 is 5.97 Å². The van der Waals surface area contributed by atoms with Crippen molar-refractivity contribution in [3.63, 3.8) is 0 Å². The van der Waals surface area contributed by atoms with E-state index in [1.54, 1.807) is 12.1 Å². The first-order valence-corrected chi connectivity index (χ1v) is 7.95. The molecule has 0 saturated carbocycles. The zero-order valence-corrected chi connectivity index (χ0v) is 14.3. The highest BCUT2D eigenvalue weighted by atomic mass is 79.9. The number of carbonyl (C=O) groups is 3. The number of imide groups is 1. The van der Waals surface area contributed by atoms with Crippen molar-refractivity contribution >= 4 is 33.7 Å². The van der Waals surface area contributed by atoms with E-state index in [2.05, 4.69) is 15.9 Å². The fourth-order valence-corrected chi connectivity index (χ4v) is 2.73. The van der Waals surface area contributed by atoms with Crippen LogP contribution in [0.2, 0.25) is 0 Å². The molecular weight excluding hydrogens is 397 g/mol. The molecule has 0 atom stereocenters. The summed E-state index contributed by atoms with van der Waals surface area (Å²) in [6, 6.07) is 10.1. The maximum Gasteiger partial charge on any atom is 0.345 e. The molecule has 0 bridgehead atoms. The fraction of sp³-hybridized carbons (Fsp3) is 0.118. The Balaban J connectivity index is 1.55. The van der Waals surface area contributed by atoms with E-state index >= 15 is 0 Å². The quantitative estimate of drug-likeness (QED) is 0.562. The lowest BCUT2D eigenvalue weighted by molar-refractivity contribution is -0.148. The van der Waals surface area contributed by atoms with Crippen LogP contribution in [0.3, 0.4) is 0 Å². The molecule has 1 aliphatic heterocycles. The molecule has 1 aliphatic rings. The lowest BCUT2D eigenvalue weighted by Gasteiger charge is -2.14. The van der Waals surface area contributed by atoms with Crippen LogP contribution in [0, 0.1) is 5.82 Å². The summed E-state index contributed by atoms with van der Waals surface area (Å²) >= 11 is 3.11. The van der Waals surface area contributed by atoms with E-state index < -0.39 is 36.9 Å². The van der Waals surface area contributed by atoms with Crippen LogP contribution in [0.4, 0.5) is 4.39 Å². The Morgan fingerprint density at radius 2 is 1.72 bits per heavy atom. The molecule has 2 aromatic rings. The van der Waals surface area contributed by atoms with Gasteiger partial charge in [-0.2, -0.15) is 0 Å². The molecule has 0 aliphatic carbocycles. The van der Waals surface area contributed by atoms with Crippen molar-refractivity contribution in [2.45, 2.75) is 0 Å². The molecule has 3 rings (SSSR count). The normalized spacial score (nSPS) is 13.0. The summed E-state index contributed by atoms with van der Waals surface area (Å²) in [7, 11) is 0. The number of ether oxygens (including phenoxy) is 2. The number of benzene rings is 2. The van der Waals surface area contributed by atoms with Gasteiger partial charge in [-0.3, -0.25) is 9.59 Å². The number of halogens is 2. The van der Waals surface area contributed by atoms with Crippen LogP contribution in [0.1, 0.15) is 20.7 Å². The number of nitrogens with zero attached hydrogens (tertiary/aromatic N) is 1. The van der Waals surface area contributed by atoms with Gasteiger partial charge in [-0.15, -0.1) is 0 Å². The standard InChI is InChI=1S/C17H11BrFNO5/c18-13-7-10(19)5-6-14(13)24-8-15(21)25-9-20-16(22)11-3-1-2-4-12(11)17(20)23/h1-7H,8-9H2. The monoisotopic (exact) mass is 407 g/mol. The number of amides is 2. The number of rotatable bonds is 5. The zero-order chi connectivity index (χ0) is 18.0. The number of hydrogen-bond acceptors (Lipinski definition) is 5. The Kier molecular flexibility index (Phi) is 4.80. The van der Waals surface area contributed by atoms with Crippen LogP contribution in [-0.4, -0.2) is 36.0 Å². The minimum Gasteiger partial charge on any atom is -0.481 e. The van der Waals surface area contributed by atoms with Gasteiger partial charge in [-0.1, -0.05) is 12.1 Å². The number of carbonyl (C=O) groups excluding carboxylic acids is 3. The van der Waals surface area contributed by atoms with Gasteiger partial charge in [0.25, 0.3) is 11.8 Å². The van der Waals surface area contributed by atoms with Crippen molar-refractivity contribution < 1.29 is 28.2 Å². The van der Waals surface area contributed by atoms with Gasteiger partial charge in [0.1, 0.15) is 11.6 Å². The van der Waals surface area contributed by atoms with E-state index in [0.717, 1.165) is 4.90 Å². The van der Waals surface area contributed by atoms with E-state index in [-0.39, 0.29) is 16.9 Å². The maximum atomic E-state index is 13.0. The first kappa shape index (κ1) is 17.1. The van der Waals surface area contributed by atoms with Gasteiger partial charge in [0.15, 0.2) is 13.3 Å². The Morgan fingerprint density at radius 3 is 2.32 bits per heavy atom. The molecule has 128 valence electrons. The predicted molar refractivity (Wildman–Crippen MR) is 87.5 cm³/mol. The summed E-state index contributed by atoms with van der Waals surface area (Å²) < 4.78 is 23.4. The van der Waals surface area contributed by atoms with Crippen LogP contribution in [0.15, 0.2) is 46.9 Å². The van der Waals surface area contributed by atoms with Crippen molar-refractivity contribution in [1.29, 1.82) is 0 Å². The van der Waals surface area contributed by atoms with Crippen molar-refractivity contribution in [2.75, 3.05) is 13.3 Å². The molecule has 6 nitrogen and oxygen atoms in total. The third-order valence-corrected chi connectivity index (χ3v) is 4.09. The van der Waals surface area contributed by atoms with Crippen molar-refractivity contribution in [2.24, 2.45) is 0 Å². The first-order valence-electron chi connectivity index (χ1n) is 7.16. The smallest absolute Gasteiger partial charge is 0.345 e. The molecule has 8 heteroatoms. The maximum absolute atomic E-state index is 13.0. The molecule has 1 heterocycles. The molecule has 2 amide bonds. The molecule has 0 aromatic heterocycles.